The van der Waals surface area contributed by atoms with Crippen molar-refractivity contribution in [3.05, 3.63) is 35.9 Å². The first-order valence-electron chi connectivity index (χ1n) is 6.30. The van der Waals surface area contributed by atoms with Crippen molar-refractivity contribution in [3.63, 3.8) is 0 Å². The van der Waals surface area contributed by atoms with E-state index in [1.165, 1.54) is 32.4 Å². The fourth-order valence-electron chi connectivity index (χ4n) is 1.64. The van der Waals surface area contributed by atoms with E-state index in [-0.39, 0.29) is 29.2 Å². The van der Waals surface area contributed by atoms with Gasteiger partial charge in [-0.05, 0) is 13.0 Å². The van der Waals surface area contributed by atoms with Crippen LogP contribution in [0.3, 0.4) is 0 Å². The summed E-state index contributed by atoms with van der Waals surface area (Å²) in [4.78, 5) is 23.6. The molecule has 1 rings (SSSR count). The first-order chi connectivity index (χ1) is 10.1. The zero-order valence-corrected chi connectivity index (χ0v) is 12.3. The molecular formula is C15H18O6. The summed E-state index contributed by atoms with van der Waals surface area (Å²) in [6, 6.07) is 2.80. The number of benzene rings is 1. The van der Waals surface area contributed by atoms with Crippen molar-refractivity contribution in [2.24, 2.45) is 0 Å². The van der Waals surface area contributed by atoms with E-state index in [1.54, 1.807) is 6.92 Å². The van der Waals surface area contributed by atoms with E-state index in [4.69, 9.17) is 9.47 Å². The Balaban J connectivity index is 3.40. The normalized spacial score (nSPS) is 9.67. The second kappa shape index (κ2) is 7.94. The maximum atomic E-state index is 11.8. The lowest BCUT2D eigenvalue weighted by Gasteiger charge is -2.14. The Bertz CT molecular complexity index is 535. The molecule has 0 aromatic heterocycles. The van der Waals surface area contributed by atoms with E-state index in [1.807, 2.05) is 0 Å². The minimum atomic E-state index is -0.623. The van der Waals surface area contributed by atoms with Gasteiger partial charge in [-0.2, -0.15) is 0 Å². The van der Waals surface area contributed by atoms with E-state index in [2.05, 4.69) is 16.1 Å². The van der Waals surface area contributed by atoms with Crippen LogP contribution in [0.2, 0.25) is 0 Å². The van der Waals surface area contributed by atoms with Gasteiger partial charge in [-0.25, -0.2) is 9.59 Å². The molecule has 0 saturated heterocycles. The Morgan fingerprint density at radius 1 is 1.05 bits per heavy atom. The topological polar surface area (TPSA) is 71.1 Å². The summed E-state index contributed by atoms with van der Waals surface area (Å²) in [6.07, 6.45) is 1.54. The summed E-state index contributed by atoms with van der Waals surface area (Å²) in [7, 11) is 2.49. The van der Waals surface area contributed by atoms with Crippen molar-refractivity contribution in [2.75, 3.05) is 27.4 Å². The zero-order valence-electron chi connectivity index (χ0n) is 12.3. The van der Waals surface area contributed by atoms with Gasteiger partial charge in [0.15, 0.2) is 0 Å². The van der Waals surface area contributed by atoms with Gasteiger partial charge in [0.05, 0.1) is 20.8 Å². The predicted octanol–water partition coefficient (Wildman–Crippen LogP) is 2.22. The third kappa shape index (κ3) is 3.98. The standard InChI is InChI=1S/C15H18O6/c1-5-7-21-13-9-12(20-6-2)10(14(16)18-3)8-11(13)15(17)19-4/h5,8-9H,1,6-7H2,2-4H3. The highest BCUT2D eigenvalue weighted by Crippen LogP contribution is 2.30. The van der Waals surface area contributed by atoms with Gasteiger partial charge in [0.25, 0.3) is 0 Å². The molecule has 0 amide bonds. The minimum absolute atomic E-state index is 0.114. The molecule has 1 aromatic rings. The Kier molecular flexibility index (Phi) is 6.26. The molecule has 21 heavy (non-hydrogen) atoms. The van der Waals surface area contributed by atoms with Crippen LogP contribution in [0.25, 0.3) is 0 Å². The molecule has 0 aliphatic heterocycles. The highest BCUT2D eigenvalue weighted by molar-refractivity contribution is 5.99. The van der Waals surface area contributed by atoms with E-state index in [9.17, 15) is 9.59 Å². The second-order valence-electron chi connectivity index (χ2n) is 3.86. The Morgan fingerprint density at radius 3 is 2.00 bits per heavy atom. The van der Waals surface area contributed by atoms with Gasteiger partial charge in [0.1, 0.15) is 29.2 Å². The predicted molar refractivity (Wildman–Crippen MR) is 76.0 cm³/mol. The van der Waals surface area contributed by atoms with Crippen LogP contribution in [-0.4, -0.2) is 39.4 Å². The van der Waals surface area contributed by atoms with Crippen LogP contribution in [0, 0.1) is 0 Å². The van der Waals surface area contributed by atoms with Gasteiger partial charge in [-0.1, -0.05) is 12.7 Å². The highest BCUT2D eigenvalue weighted by Gasteiger charge is 2.22. The molecule has 114 valence electrons. The Morgan fingerprint density at radius 2 is 1.57 bits per heavy atom. The number of rotatable bonds is 7. The summed E-state index contributed by atoms with van der Waals surface area (Å²) in [5, 5.41) is 0. The molecule has 0 aliphatic rings. The third-order valence-corrected chi connectivity index (χ3v) is 2.55. The molecule has 0 spiro atoms. The quantitative estimate of drug-likeness (QED) is 0.567. The van der Waals surface area contributed by atoms with Gasteiger partial charge in [0, 0.05) is 6.07 Å². The van der Waals surface area contributed by atoms with Crippen molar-refractivity contribution in [1.82, 2.24) is 0 Å². The lowest BCUT2D eigenvalue weighted by molar-refractivity contribution is 0.0594. The number of carbonyl (C=O) groups is 2. The molecule has 1 aromatic carbocycles. The average Bonchev–Trinajstić information content (AvgIpc) is 2.51. The minimum Gasteiger partial charge on any atom is -0.493 e. The van der Waals surface area contributed by atoms with Crippen LogP contribution in [0.1, 0.15) is 27.6 Å². The molecule has 0 heterocycles. The number of carbonyl (C=O) groups excluding carboxylic acids is 2. The molecule has 0 saturated carbocycles. The molecule has 0 fully saturated rings. The number of ether oxygens (including phenoxy) is 4. The second-order valence-corrected chi connectivity index (χ2v) is 3.86. The smallest absolute Gasteiger partial charge is 0.341 e. The first kappa shape index (κ1) is 16.6. The van der Waals surface area contributed by atoms with E-state index in [0.717, 1.165) is 0 Å². The highest BCUT2D eigenvalue weighted by atomic mass is 16.5. The number of methoxy groups -OCH3 is 2. The summed E-state index contributed by atoms with van der Waals surface area (Å²) in [6.45, 7) is 5.87. The fourth-order valence-corrected chi connectivity index (χ4v) is 1.64. The van der Waals surface area contributed by atoms with Crippen molar-refractivity contribution >= 4 is 11.9 Å². The zero-order chi connectivity index (χ0) is 15.8. The molecule has 0 unspecified atom stereocenters. The van der Waals surface area contributed by atoms with Gasteiger partial charge in [0.2, 0.25) is 0 Å². The maximum Gasteiger partial charge on any atom is 0.341 e. The van der Waals surface area contributed by atoms with Gasteiger partial charge >= 0.3 is 11.9 Å². The molecule has 0 aliphatic carbocycles. The number of hydrogen-bond acceptors (Lipinski definition) is 6. The molecule has 0 bridgehead atoms. The van der Waals surface area contributed by atoms with Gasteiger partial charge < -0.3 is 18.9 Å². The van der Waals surface area contributed by atoms with Crippen LogP contribution in [0.4, 0.5) is 0 Å². The van der Waals surface area contributed by atoms with E-state index >= 15 is 0 Å². The summed E-state index contributed by atoms with van der Waals surface area (Å²) in [5.74, 6) is -0.713. The average molecular weight is 294 g/mol. The van der Waals surface area contributed by atoms with Gasteiger partial charge in [-0.15, -0.1) is 0 Å². The lowest BCUT2D eigenvalue weighted by atomic mass is 10.1. The Labute approximate surface area is 123 Å². The van der Waals surface area contributed by atoms with Crippen LogP contribution >= 0.6 is 0 Å². The monoisotopic (exact) mass is 294 g/mol. The maximum absolute atomic E-state index is 11.8. The molecule has 0 radical (unpaired) electrons. The van der Waals surface area contributed by atoms with Crippen LogP contribution in [0.15, 0.2) is 24.8 Å². The Hall–Kier alpha value is -2.50. The van der Waals surface area contributed by atoms with Crippen molar-refractivity contribution in [3.8, 4) is 11.5 Å². The van der Waals surface area contributed by atoms with Crippen molar-refractivity contribution in [2.45, 2.75) is 6.92 Å². The first-order valence-corrected chi connectivity index (χ1v) is 6.30. The summed E-state index contributed by atoms with van der Waals surface area (Å²) in [5.41, 5.74) is 0.244. The fraction of sp³-hybridized carbons (Fsp3) is 0.333. The number of esters is 2. The molecule has 6 heteroatoms. The van der Waals surface area contributed by atoms with Crippen LogP contribution in [-0.2, 0) is 9.47 Å². The molecule has 0 atom stereocenters. The largest absolute Gasteiger partial charge is 0.493 e. The van der Waals surface area contributed by atoms with Crippen LogP contribution < -0.4 is 9.47 Å². The molecular weight excluding hydrogens is 276 g/mol. The van der Waals surface area contributed by atoms with Crippen LogP contribution in [0.5, 0.6) is 11.5 Å². The lowest BCUT2D eigenvalue weighted by Crippen LogP contribution is -2.11. The van der Waals surface area contributed by atoms with Crippen molar-refractivity contribution in [1.29, 1.82) is 0 Å². The number of hydrogen-bond donors (Lipinski definition) is 0. The van der Waals surface area contributed by atoms with E-state index < -0.39 is 11.9 Å². The van der Waals surface area contributed by atoms with Crippen molar-refractivity contribution < 1.29 is 28.5 Å². The summed E-state index contributed by atoms with van der Waals surface area (Å²) >= 11 is 0. The third-order valence-electron chi connectivity index (χ3n) is 2.55. The summed E-state index contributed by atoms with van der Waals surface area (Å²) < 4.78 is 20.2. The SMILES string of the molecule is C=CCOc1cc(OCC)c(C(=O)OC)cc1C(=O)OC. The molecule has 6 nitrogen and oxygen atoms in total. The molecule has 0 N–H and O–H groups in total. The van der Waals surface area contributed by atoms with E-state index in [0.29, 0.717) is 6.61 Å². The van der Waals surface area contributed by atoms with Gasteiger partial charge in [-0.3, -0.25) is 0 Å².